The number of hydrogen-bond donors (Lipinski definition) is 1. The molecular formula is C16H20BrN3O. The summed E-state index contributed by atoms with van der Waals surface area (Å²) in [5, 5.41) is 0. The van der Waals surface area contributed by atoms with Crippen LogP contribution in [0.15, 0.2) is 41.0 Å². The number of benzene rings is 1. The van der Waals surface area contributed by atoms with Crippen molar-refractivity contribution in [3.8, 4) is 5.75 Å². The largest absolute Gasteiger partial charge is 0.495 e. The number of pyridine rings is 1. The fourth-order valence-corrected chi connectivity index (χ4v) is 2.70. The SMILES string of the molecule is COc1ccccc1N(CCCN)c1ncc(Br)cc1C. The Labute approximate surface area is 134 Å². The predicted molar refractivity (Wildman–Crippen MR) is 90.3 cm³/mol. The highest BCUT2D eigenvalue weighted by Gasteiger charge is 2.16. The van der Waals surface area contributed by atoms with Crippen LogP contribution in [0.2, 0.25) is 0 Å². The fourth-order valence-electron chi connectivity index (χ4n) is 2.26. The van der Waals surface area contributed by atoms with Crippen molar-refractivity contribution >= 4 is 27.4 Å². The van der Waals surface area contributed by atoms with Crippen molar-refractivity contribution in [1.82, 2.24) is 4.98 Å². The summed E-state index contributed by atoms with van der Waals surface area (Å²) in [5.41, 5.74) is 7.79. The molecule has 0 bridgehead atoms. The quantitative estimate of drug-likeness (QED) is 0.864. The van der Waals surface area contributed by atoms with Crippen LogP contribution in [0.4, 0.5) is 11.5 Å². The maximum absolute atomic E-state index is 5.68. The molecule has 0 unspecified atom stereocenters. The number of methoxy groups -OCH3 is 1. The Balaban J connectivity index is 2.47. The molecule has 112 valence electrons. The van der Waals surface area contributed by atoms with Gasteiger partial charge in [0.05, 0.1) is 12.8 Å². The molecule has 0 fully saturated rings. The van der Waals surface area contributed by atoms with E-state index in [1.807, 2.05) is 30.5 Å². The number of hydrogen-bond acceptors (Lipinski definition) is 4. The number of ether oxygens (including phenoxy) is 1. The van der Waals surface area contributed by atoms with Crippen LogP contribution in [-0.4, -0.2) is 25.2 Å². The first-order valence-electron chi connectivity index (χ1n) is 6.90. The second kappa shape index (κ2) is 7.43. The summed E-state index contributed by atoms with van der Waals surface area (Å²) >= 11 is 3.46. The van der Waals surface area contributed by atoms with Gasteiger partial charge >= 0.3 is 0 Å². The van der Waals surface area contributed by atoms with E-state index in [1.165, 1.54) is 0 Å². The van der Waals surface area contributed by atoms with Gasteiger partial charge in [0.1, 0.15) is 11.6 Å². The lowest BCUT2D eigenvalue weighted by Gasteiger charge is -2.26. The third-order valence-electron chi connectivity index (χ3n) is 3.23. The van der Waals surface area contributed by atoms with Crippen molar-refractivity contribution in [3.63, 3.8) is 0 Å². The van der Waals surface area contributed by atoms with Crippen LogP contribution in [-0.2, 0) is 0 Å². The molecule has 0 radical (unpaired) electrons. The van der Waals surface area contributed by atoms with E-state index in [9.17, 15) is 0 Å². The first-order valence-corrected chi connectivity index (χ1v) is 7.69. The number of halogens is 1. The minimum atomic E-state index is 0.640. The van der Waals surface area contributed by atoms with Crippen LogP contribution in [0.1, 0.15) is 12.0 Å². The van der Waals surface area contributed by atoms with E-state index in [4.69, 9.17) is 10.5 Å². The summed E-state index contributed by atoms with van der Waals surface area (Å²) in [6.45, 7) is 3.49. The van der Waals surface area contributed by atoms with Gasteiger partial charge in [0, 0.05) is 17.2 Å². The van der Waals surface area contributed by atoms with E-state index in [-0.39, 0.29) is 0 Å². The summed E-state index contributed by atoms with van der Waals surface area (Å²) in [6.07, 6.45) is 2.70. The zero-order chi connectivity index (χ0) is 15.2. The van der Waals surface area contributed by atoms with Crippen LogP contribution in [0, 0.1) is 6.92 Å². The van der Waals surface area contributed by atoms with Crippen molar-refractivity contribution in [2.24, 2.45) is 5.73 Å². The summed E-state index contributed by atoms with van der Waals surface area (Å²) in [4.78, 5) is 6.73. The Morgan fingerprint density at radius 2 is 2.10 bits per heavy atom. The van der Waals surface area contributed by atoms with Crippen molar-refractivity contribution in [3.05, 3.63) is 46.6 Å². The Hall–Kier alpha value is -1.59. The normalized spacial score (nSPS) is 10.5. The second-order valence-corrected chi connectivity index (χ2v) is 5.68. The third-order valence-corrected chi connectivity index (χ3v) is 3.67. The van der Waals surface area contributed by atoms with Crippen molar-refractivity contribution in [2.45, 2.75) is 13.3 Å². The molecule has 21 heavy (non-hydrogen) atoms. The minimum Gasteiger partial charge on any atom is -0.495 e. The van der Waals surface area contributed by atoms with Crippen LogP contribution >= 0.6 is 15.9 Å². The van der Waals surface area contributed by atoms with Crippen LogP contribution in [0.5, 0.6) is 5.75 Å². The standard InChI is InChI=1S/C16H20BrN3O/c1-12-10-13(17)11-19-16(12)20(9-5-8-18)14-6-3-4-7-15(14)21-2/h3-4,6-7,10-11H,5,8-9,18H2,1-2H3. The molecule has 0 saturated carbocycles. The fraction of sp³-hybridized carbons (Fsp3) is 0.312. The maximum Gasteiger partial charge on any atom is 0.142 e. The van der Waals surface area contributed by atoms with Crippen LogP contribution in [0.3, 0.4) is 0 Å². The molecule has 2 N–H and O–H groups in total. The Morgan fingerprint density at radius 3 is 2.76 bits per heavy atom. The Bertz CT molecular complexity index is 604. The van der Waals surface area contributed by atoms with E-state index in [0.717, 1.165) is 40.3 Å². The van der Waals surface area contributed by atoms with Crippen molar-refractivity contribution < 1.29 is 4.74 Å². The van der Waals surface area contributed by atoms with Crippen LogP contribution < -0.4 is 15.4 Å². The first kappa shape index (κ1) is 15.8. The van der Waals surface area contributed by atoms with Gasteiger partial charge in [0.2, 0.25) is 0 Å². The molecule has 0 spiro atoms. The number of nitrogens with two attached hydrogens (primary N) is 1. The van der Waals surface area contributed by atoms with Crippen molar-refractivity contribution in [1.29, 1.82) is 0 Å². The third kappa shape index (κ3) is 3.74. The maximum atomic E-state index is 5.68. The lowest BCUT2D eigenvalue weighted by molar-refractivity contribution is 0.415. The number of aryl methyl sites for hydroxylation is 1. The second-order valence-electron chi connectivity index (χ2n) is 4.76. The van der Waals surface area contributed by atoms with Gasteiger partial charge in [-0.2, -0.15) is 0 Å². The highest BCUT2D eigenvalue weighted by atomic mass is 79.9. The lowest BCUT2D eigenvalue weighted by atomic mass is 10.2. The van der Waals surface area contributed by atoms with E-state index in [2.05, 4.69) is 38.8 Å². The number of para-hydroxylation sites is 2. The Kier molecular flexibility index (Phi) is 5.59. The van der Waals surface area contributed by atoms with Gasteiger partial charge in [-0.25, -0.2) is 4.98 Å². The average molecular weight is 350 g/mol. The molecule has 0 atom stereocenters. The number of anilines is 2. The molecule has 1 aromatic heterocycles. The van der Waals surface area contributed by atoms with Crippen molar-refractivity contribution in [2.75, 3.05) is 25.1 Å². The van der Waals surface area contributed by atoms with E-state index in [0.29, 0.717) is 6.54 Å². The number of rotatable bonds is 6. The van der Waals surface area contributed by atoms with Gasteiger partial charge in [-0.15, -0.1) is 0 Å². The summed E-state index contributed by atoms with van der Waals surface area (Å²) in [6, 6.07) is 10.0. The van der Waals surface area contributed by atoms with Gasteiger partial charge in [-0.3, -0.25) is 0 Å². The lowest BCUT2D eigenvalue weighted by Crippen LogP contribution is -2.23. The topological polar surface area (TPSA) is 51.4 Å². The molecule has 2 aromatic rings. The zero-order valence-electron chi connectivity index (χ0n) is 12.3. The summed E-state index contributed by atoms with van der Waals surface area (Å²) < 4.78 is 6.46. The monoisotopic (exact) mass is 349 g/mol. The molecule has 0 saturated heterocycles. The molecule has 0 aliphatic heterocycles. The molecule has 1 heterocycles. The number of nitrogens with zero attached hydrogens (tertiary/aromatic N) is 2. The average Bonchev–Trinajstić information content (AvgIpc) is 2.49. The first-order chi connectivity index (χ1) is 10.2. The molecule has 5 heteroatoms. The predicted octanol–water partition coefficient (Wildman–Crippen LogP) is 3.65. The molecular weight excluding hydrogens is 330 g/mol. The van der Waals surface area contributed by atoms with E-state index < -0.39 is 0 Å². The van der Waals surface area contributed by atoms with E-state index in [1.54, 1.807) is 7.11 Å². The highest BCUT2D eigenvalue weighted by Crippen LogP contribution is 2.34. The van der Waals surface area contributed by atoms with Gasteiger partial charge in [0.25, 0.3) is 0 Å². The Morgan fingerprint density at radius 1 is 1.33 bits per heavy atom. The smallest absolute Gasteiger partial charge is 0.142 e. The highest BCUT2D eigenvalue weighted by molar-refractivity contribution is 9.10. The van der Waals surface area contributed by atoms with Gasteiger partial charge in [-0.05, 0) is 59.6 Å². The van der Waals surface area contributed by atoms with Gasteiger partial charge in [-0.1, -0.05) is 12.1 Å². The van der Waals surface area contributed by atoms with Gasteiger partial charge < -0.3 is 15.4 Å². The molecule has 2 rings (SSSR count). The van der Waals surface area contributed by atoms with Gasteiger partial charge in [0.15, 0.2) is 0 Å². The summed E-state index contributed by atoms with van der Waals surface area (Å²) in [5.74, 6) is 1.76. The molecule has 1 aromatic carbocycles. The molecule has 4 nitrogen and oxygen atoms in total. The molecule has 0 aliphatic rings. The van der Waals surface area contributed by atoms with Crippen LogP contribution in [0.25, 0.3) is 0 Å². The number of aromatic nitrogens is 1. The minimum absolute atomic E-state index is 0.640. The summed E-state index contributed by atoms with van der Waals surface area (Å²) in [7, 11) is 1.68. The zero-order valence-corrected chi connectivity index (χ0v) is 13.9. The molecule has 0 aliphatic carbocycles. The molecule has 0 amide bonds. The van der Waals surface area contributed by atoms with E-state index >= 15 is 0 Å².